The third-order valence-electron chi connectivity index (χ3n) is 5.01. The number of rotatable bonds is 6. The van der Waals surface area contributed by atoms with Crippen molar-refractivity contribution in [2.75, 3.05) is 6.54 Å². The van der Waals surface area contributed by atoms with Crippen LogP contribution in [0.2, 0.25) is 0 Å². The Labute approximate surface area is 170 Å². The summed E-state index contributed by atoms with van der Waals surface area (Å²) in [5.74, 6) is 0.301. The third-order valence-corrected chi connectivity index (χ3v) is 5.01. The van der Waals surface area contributed by atoms with Crippen molar-refractivity contribution in [3.8, 4) is 0 Å². The number of carbonyl (C=O) groups excluding carboxylic acids is 3. The zero-order chi connectivity index (χ0) is 21.3. The summed E-state index contributed by atoms with van der Waals surface area (Å²) < 4.78 is 5.86. The maximum atomic E-state index is 12.5. The Balaban J connectivity index is 1.54. The number of nitrogens with zero attached hydrogens (tertiary/aromatic N) is 2. The molecule has 1 N–H and O–H groups in total. The van der Waals surface area contributed by atoms with E-state index in [1.165, 1.54) is 0 Å². The molecule has 0 bridgehead atoms. The van der Waals surface area contributed by atoms with Crippen LogP contribution in [0.25, 0.3) is 0 Å². The van der Waals surface area contributed by atoms with Gasteiger partial charge in [-0.15, -0.1) is 0 Å². The Hall–Kier alpha value is -2.96. The van der Waals surface area contributed by atoms with Gasteiger partial charge in [-0.05, 0) is 32.4 Å². The second kappa shape index (κ2) is 7.81. The first-order valence-electron chi connectivity index (χ1n) is 9.82. The predicted molar refractivity (Wildman–Crippen MR) is 108 cm³/mol. The number of nitrogens with one attached hydrogen (secondary N) is 1. The molecule has 29 heavy (non-hydrogen) atoms. The lowest BCUT2D eigenvalue weighted by Gasteiger charge is -2.21. The van der Waals surface area contributed by atoms with E-state index in [0.29, 0.717) is 36.4 Å². The van der Waals surface area contributed by atoms with E-state index in [-0.39, 0.29) is 11.3 Å². The van der Waals surface area contributed by atoms with Crippen LogP contribution in [-0.2, 0) is 16.6 Å². The summed E-state index contributed by atoms with van der Waals surface area (Å²) in [6.45, 7) is 10.0. The van der Waals surface area contributed by atoms with Gasteiger partial charge in [-0.2, -0.15) is 0 Å². The monoisotopic (exact) mass is 397 g/mol. The van der Waals surface area contributed by atoms with Crippen molar-refractivity contribution >= 4 is 17.7 Å². The summed E-state index contributed by atoms with van der Waals surface area (Å²) in [7, 11) is 0. The topological polar surface area (TPSA) is 92.5 Å². The third kappa shape index (κ3) is 4.09. The first-order chi connectivity index (χ1) is 13.6. The van der Waals surface area contributed by atoms with Crippen LogP contribution in [0.1, 0.15) is 72.2 Å². The minimum absolute atomic E-state index is 0.154. The lowest BCUT2D eigenvalue weighted by molar-refractivity contribution is -0.124. The van der Waals surface area contributed by atoms with Crippen molar-refractivity contribution in [3.63, 3.8) is 0 Å². The van der Waals surface area contributed by atoms with Crippen molar-refractivity contribution in [1.82, 2.24) is 15.2 Å². The van der Waals surface area contributed by atoms with Gasteiger partial charge in [0.15, 0.2) is 5.89 Å². The summed E-state index contributed by atoms with van der Waals surface area (Å²) in [5, 5.41) is 2.81. The molecule has 0 saturated carbocycles. The highest BCUT2D eigenvalue weighted by Crippen LogP contribution is 2.25. The molecule has 1 aliphatic heterocycles. The van der Waals surface area contributed by atoms with Gasteiger partial charge in [-0.25, -0.2) is 4.98 Å². The fourth-order valence-electron chi connectivity index (χ4n) is 3.27. The largest absolute Gasteiger partial charge is 0.445 e. The van der Waals surface area contributed by atoms with Crippen LogP contribution in [0.15, 0.2) is 28.7 Å². The van der Waals surface area contributed by atoms with Crippen LogP contribution >= 0.6 is 0 Å². The van der Waals surface area contributed by atoms with E-state index in [0.717, 1.165) is 16.4 Å². The zero-order valence-electron chi connectivity index (χ0n) is 17.5. The minimum Gasteiger partial charge on any atom is -0.445 e. The average molecular weight is 397 g/mol. The summed E-state index contributed by atoms with van der Waals surface area (Å²) in [6.07, 6.45) is 1.32. The van der Waals surface area contributed by atoms with E-state index >= 15 is 0 Å². The van der Waals surface area contributed by atoms with Gasteiger partial charge in [0.1, 0.15) is 11.8 Å². The number of fused-ring (bicyclic) bond motifs is 1. The average Bonchev–Trinajstić information content (AvgIpc) is 3.16. The smallest absolute Gasteiger partial charge is 0.262 e. The zero-order valence-corrected chi connectivity index (χ0v) is 17.5. The molecule has 7 nitrogen and oxygen atoms in total. The van der Waals surface area contributed by atoms with Crippen LogP contribution < -0.4 is 5.32 Å². The van der Waals surface area contributed by atoms with Gasteiger partial charge in [0.25, 0.3) is 11.8 Å². The van der Waals surface area contributed by atoms with Gasteiger partial charge in [-0.1, -0.05) is 32.9 Å². The van der Waals surface area contributed by atoms with Gasteiger partial charge in [0.2, 0.25) is 5.91 Å². The van der Waals surface area contributed by atoms with E-state index in [4.69, 9.17) is 4.42 Å². The summed E-state index contributed by atoms with van der Waals surface area (Å²) in [4.78, 5) is 43.0. The molecule has 1 aliphatic rings. The van der Waals surface area contributed by atoms with Gasteiger partial charge in [0, 0.05) is 18.4 Å². The molecular weight excluding hydrogens is 370 g/mol. The standard InChI is InChI=1S/C22H27N3O4/c1-13-17(29-21(24-13)22(3,4)5)11-8-12-23-18(26)14(2)25-19(27)15-9-6-7-10-16(15)20(25)28/h6-7,9-10,14H,8,11-12H2,1-5H3,(H,23,26). The van der Waals surface area contributed by atoms with Crippen LogP contribution in [0.3, 0.4) is 0 Å². The number of carbonyl (C=O) groups is 3. The first-order valence-corrected chi connectivity index (χ1v) is 9.82. The van der Waals surface area contributed by atoms with Crippen LogP contribution in [0, 0.1) is 6.92 Å². The highest BCUT2D eigenvalue weighted by Gasteiger charge is 2.40. The highest BCUT2D eigenvalue weighted by molar-refractivity contribution is 6.22. The molecule has 2 aromatic rings. The molecule has 154 valence electrons. The maximum Gasteiger partial charge on any atom is 0.262 e. The summed E-state index contributed by atoms with van der Waals surface area (Å²) >= 11 is 0. The fourth-order valence-corrected chi connectivity index (χ4v) is 3.27. The van der Waals surface area contributed by atoms with Crippen molar-refractivity contribution in [3.05, 3.63) is 52.7 Å². The van der Waals surface area contributed by atoms with Crippen molar-refractivity contribution in [2.24, 2.45) is 0 Å². The molecule has 0 spiro atoms. The molecule has 3 rings (SSSR count). The number of amides is 3. The Morgan fingerprint density at radius 1 is 1.17 bits per heavy atom. The maximum absolute atomic E-state index is 12.5. The molecule has 3 amide bonds. The van der Waals surface area contributed by atoms with Crippen molar-refractivity contribution in [2.45, 2.75) is 58.9 Å². The fraction of sp³-hybridized carbons (Fsp3) is 0.455. The quantitative estimate of drug-likeness (QED) is 0.597. The minimum atomic E-state index is -0.873. The van der Waals surface area contributed by atoms with Crippen LogP contribution in [0.5, 0.6) is 0 Å². The second-order valence-electron chi connectivity index (χ2n) is 8.37. The number of imide groups is 1. The summed E-state index contributed by atoms with van der Waals surface area (Å²) in [6, 6.07) is 5.74. The number of hydrogen-bond donors (Lipinski definition) is 1. The molecular formula is C22H27N3O4. The van der Waals surface area contributed by atoms with E-state index in [1.807, 2.05) is 27.7 Å². The van der Waals surface area contributed by atoms with Gasteiger partial charge in [0.05, 0.1) is 16.8 Å². The number of aryl methyl sites for hydroxylation is 2. The first kappa shape index (κ1) is 20.8. The normalized spacial score (nSPS) is 14.9. The van der Waals surface area contributed by atoms with Gasteiger partial charge < -0.3 is 9.73 Å². The SMILES string of the molecule is Cc1nc(C(C)(C)C)oc1CCCNC(=O)C(C)N1C(=O)c2ccccc2C1=O. The number of aromatic nitrogens is 1. The van der Waals surface area contributed by atoms with E-state index < -0.39 is 17.9 Å². The number of hydrogen-bond acceptors (Lipinski definition) is 5. The molecule has 1 atom stereocenters. The van der Waals surface area contributed by atoms with Crippen LogP contribution in [0.4, 0.5) is 0 Å². The Bertz CT molecular complexity index is 920. The molecule has 7 heteroatoms. The summed E-state index contributed by atoms with van der Waals surface area (Å²) in [5.41, 5.74) is 1.39. The highest BCUT2D eigenvalue weighted by atomic mass is 16.4. The Kier molecular flexibility index (Phi) is 5.59. The Morgan fingerprint density at radius 3 is 2.28 bits per heavy atom. The lowest BCUT2D eigenvalue weighted by Crippen LogP contribution is -2.48. The Morgan fingerprint density at radius 2 is 1.76 bits per heavy atom. The van der Waals surface area contributed by atoms with Crippen molar-refractivity contribution in [1.29, 1.82) is 0 Å². The van der Waals surface area contributed by atoms with E-state index in [9.17, 15) is 14.4 Å². The molecule has 0 fully saturated rings. The van der Waals surface area contributed by atoms with Gasteiger partial charge >= 0.3 is 0 Å². The lowest BCUT2D eigenvalue weighted by atomic mass is 9.97. The predicted octanol–water partition coefficient (Wildman–Crippen LogP) is 3.01. The second-order valence-corrected chi connectivity index (χ2v) is 8.37. The van der Waals surface area contributed by atoms with Gasteiger partial charge in [-0.3, -0.25) is 19.3 Å². The molecule has 1 aromatic heterocycles. The van der Waals surface area contributed by atoms with Crippen molar-refractivity contribution < 1.29 is 18.8 Å². The molecule has 0 radical (unpaired) electrons. The molecule has 2 heterocycles. The molecule has 1 aromatic carbocycles. The molecule has 1 unspecified atom stereocenters. The molecule has 0 aliphatic carbocycles. The van der Waals surface area contributed by atoms with Crippen LogP contribution in [-0.4, -0.2) is 40.2 Å². The number of oxazole rings is 1. The van der Waals surface area contributed by atoms with E-state index in [1.54, 1.807) is 31.2 Å². The number of benzene rings is 1. The molecule has 0 saturated heterocycles. The van der Waals surface area contributed by atoms with E-state index in [2.05, 4.69) is 10.3 Å².